The van der Waals surface area contributed by atoms with Crippen LogP contribution in [-0.4, -0.2) is 55.4 Å². The highest BCUT2D eigenvalue weighted by Gasteiger charge is 2.40. The fourth-order valence-corrected chi connectivity index (χ4v) is 3.44. The molecule has 0 saturated carbocycles. The molecule has 5 heteroatoms. The molecular formula is C17H22N2O3. The van der Waals surface area contributed by atoms with Crippen LogP contribution in [-0.2, 0) is 16.0 Å². The van der Waals surface area contributed by atoms with E-state index in [0.717, 1.165) is 30.9 Å². The van der Waals surface area contributed by atoms with Crippen molar-refractivity contribution in [1.29, 1.82) is 0 Å². The number of methoxy groups -OCH3 is 1. The van der Waals surface area contributed by atoms with Gasteiger partial charge in [0.05, 0.1) is 13.5 Å². The van der Waals surface area contributed by atoms with Crippen LogP contribution < -0.4 is 4.74 Å². The second-order valence-electron chi connectivity index (χ2n) is 6.32. The van der Waals surface area contributed by atoms with Gasteiger partial charge in [-0.15, -0.1) is 0 Å². The van der Waals surface area contributed by atoms with Crippen molar-refractivity contribution in [3.63, 3.8) is 0 Å². The van der Waals surface area contributed by atoms with Gasteiger partial charge in [-0.2, -0.15) is 0 Å². The summed E-state index contributed by atoms with van der Waals surface area (Å²) in [4.78, 5) is 28.0. The largest absolute Gasteiger partial charge is 0.497 e. The molecule has 5 nitrogen and oxygen atoms in total. The predicted molar refractivity (Wildman–Crippen MR) is 82.5 cm³/mol. The van der Waals surface area contributed by atoms with E-state index in [1.807, 2.05) is 36.2 Å². The van der Waals surface area contributed by atoms with Gasteiger partial charge in [-0.05, 0) is 29.5 Å². The maximum atomic E-state index is 12.5. The van der Waals surface area contributed by atoms with Gasteiger partial charge < -0.3 is 14.5 Å². The van der Waals surface area contributed by atoms with Crippen molar-refractivity contribution in [2.45, 2.75) is 12.8 Å². The Labute approximate surface area is 130 Å². The van der Waals surface area contributed by atoms with E-state index in [2.05, 4.69) is 0 Å². The molecule has 2 heterocycles. The monoisotopic (exact) mass is 302 g/mol. The van der Waals surface area contributed by atoms with Crippen LogP contribution in [0, 0.1) is 11.8 Å². The van der Waals surface area contributed by atoms with Crippen molar-refractivity contribution < 1.29 is 14.3 Å². The van der Waals surface area contributed by atoms with Gasteiger partial charge in [0, 0.05) is 33.1 Å². The van der Waals surface area contributed by atoms with Crippen LogP contribution in [0.2, 0.25) is 0 Å². The fraction of sp³-hybridized carbons (Fsp3) is 0.529. The number of amides is 2. The fourth-order valence-electron chi connectivity index (χ4n) is 3.44. The molecule has 2 saturated heterocycles. The van der Waals surface area contributed by atoms with Gasteiger partial charge in [-0.1, -0.05) is 12.1 Å². The molecule has 0 radical (unpaired) electrons. The number of ether oxygens (including phenoxy) is 1. The number of likely N-dealkylation sites (tertiary alicyclic amines) is 2. The number of fused-ring (bicyclic) bond motifs is 1. The maximum Gasteiger partial charge on any atom is 0.227 e. The zero-order valence-corrected chi connectivity index (χ0v) is 13.1. The topological polar surface area (TPSA) is 49.9 Å². The number of piperidine rings is 1. The summed E-state index contributed by atoms with van der Waals surface area (Å²) >= 11 is 0. The van der Waals surface area contributed by atoms with E-state index in [4.69, 9.17) is 4.74 Å². The average Bonchev–Trinajstić information content (AvgIpc) is 2.91. The van der Waals surface area contributed by atoms with Crippen LogP contribution in [0.25, 0.3) is 0 Å². The Kier molecular flexibility index (Phi) is 4.05. The van der Waals surface area contributed by atoms with Crippen molar-refractivity contribution in [1.82, 2.24) is 9.80 Å². The summed E-state index contributed by atoms with van der Waals surface area (Å²) in [5.41, 5.74) is 0.994. The van der Waals surface area contributed by atoms with Gasteiger partial charge in [0.15, 0.2) is 0 Å². The van der Waals surface area contributed by atoms with Crippen LogP contribution in [0.5, 0.6) is 5.75 Å². The number of carbonyl (C=O) groups excluding carboxylic acids is 2. The number of hydrogen-bond donors (Lipinski definition) is 0. The lowest BCUT2D eigenvalue weighted by atomic mass is 9.88. The number of hydrogen-bond acceptors (Lipinski definition) is 3. The number of rotatable bonds is 3. The zero-order valence-electron chi connectivity index (χ0n) is 13.1. The van der Waals surface area contributed by atoms with Gasteiger partial charge in [-0.3, -0.25) is 9.59 Å². The summed E-state index contributed by atoms with van der Waals surface area (Å²) in [6.45, 7) is 2.27. The molecule has 0 bridgehead atoms. The third-order valence-electron chi connectivity index (χ3n) is 4.81. The van der Waals surface area contributed by atoms with Crippen molar-refractivity contribution >= 4 is 11.8 Å². The summed E-state index contributed by atoms with van der Waals surface area (Å²) in [7, 11) is 3.48. The second kappa shape index (κ2) is 5.99. The predicted octanol–water partition coefficient (Wildman–Crippen LogP) is 1.17. The van der Waals surface area contributed by atoms with Gasteiger partial charge in [0.25, 0.3) is 0 Å². The molecule has 118 valence electrons. The maximum absolute atomic E-state index is 12.5. The highest BCUT2D eigenvalue weighted by molar-refractivity contribution is 5.80. The Morgan fingerprint density at radius 2 is 1.86 bits per heavy atom. The average molecular weight is 302 g/mol. The molecule has 0 spiro atoms. The van der Waals surface area contributed by atoms with Crippen LogP contribution in [0.1, 0.15) is 12.0 Å². The van der Waals surface area contributed by atoms with Crippen molar-refractivity contribution in [3.05, 3.63) is 29.8 Å². The summed E-state index contributed by atoms with van der Waals surface area (Å²) in [5.74, 6) is 1.91. The molecule has 0 unspecified atom stereocenters. The SMILES string of the molecule is COc1ccc(CC(=O)N2C[C@H]3CN(C)C(=O)C[C@H]3C2)cc1. The minimum Gasteiger partial charge on any atom is -0.497 e. The Bertz CT molecular complexity index is 570. The summed E-state index contributed by atoms with van der Waals surface area (Å²) in [6, 6.07) is 7.61. The minimum atomic E-state index is 0.148. The lowest BCUT2D eigenvalue weighted by molar-refractivity contribution is -0.134. The normalized spacial score (nSPS) is 24.4. The zero-order chi connectivity index (χ0) is 15.7. The Morgan fingerprint density at radius 3 is 2.55 bits per heavy atom. The van der Waals surface area contributed by atoms with Gasteiger partial charge in [0.1, 0.15) is 5.75 Å². The quantitative estimate of drug-likeness (QED) is 0.842. The lowest BCUT2D eigenvalue weighted by Gasteiger charge is -2.30. The van der Waals surface area contributed by atoms with E-state index in [-0.39, 0.29) is 11.8 Å². The molecule has 1 aromatic rings. The van der Waals surface area contributed by atoms with Crippen LogP contribution in [0.3, 0.4) is 0 Å². The van der Waals surface area contributed by atoms with Crippen molar-refractivity contribution in [2.75, 3.05) is 33.8 Å². The molecule has 2 atom stereocenters. The molecule has 2 fully saturated rings. The summed E-state index contributed by atoms with van der Waals surface area (Å²) in [5, 5.41) is 0. The van der Waals surface area contributed by atoms with E-state index in [0.29, 0.717) is 24.7 Å². The molecular weight excluding hydrogens is 280 g/mol. The van der Waals surface area contributed by atoms with Crippen LogP contribution in [0.4, 0.5) is 0 Å². The molecule has 0 aliphatic carbocycles. The first-order valence-corrected chi connectivity index (χ1v) is 7.71. The van der Waals surface area contributed by atoms with Crippen LogP contribution in [0.15, 0.2) is 24.3 Å². The van der Waals surface area contributed by atoms with E-state index >= 15 is 0 Å². The standard InChI is InChI=1S/C17H22N2O3/c1-18-9-14-11-19(10-13(14)8-16(18)20)17(21)7-12-3-5-15(22-2)6-4-12/h3-6,13-14H,7-11H2,1-2H3/t13-,14+/m0/s1. The Hall–Kier alpha value is -2.04. The Balaban J connectivity index is 1.60. The third-order valence-corrected chi connectivity index (χ3v) is 4.81. The van der Waals surface area contributed by atoms with Gasteiger partial charge in [-0.25, -0.2) is 0 Å². The number of carbonyl (C=O) groups is 2. The van der Waals surface area contributed by atoms with Crippen molar-refractivity contribution in [3.8, 4) is 5.75 Å². The number of nitrogens with zero attached hydrogens (tertiary/aromatic N) is 2. The highest BCUT2D eigenvalue weighted by atomic mass is 16.5. The molecule has 0 aromatic heterocycles. The highest BCUT2D eigenvalue weighted by Crippen LogP contribution is 2.31. The van der Waals surface area contributed by atoms with E-state index in [9.17, 15) is 9.59 Å². The summed E-state index contributed by atoms with van der Waals surface area (Å²) in [6.07, 6.45) is 0.987. The van der Waals surface area contributed by atoms with E-state index in [1.54, 1.807) is 12.0 Å². The molecule has 0 N–H and O–H groups in total. The van der Waals surface area contributed by atoms with Gasteiger partial charge >= 0.3 is 0 Å². The molecule has 2 aliphatic rings. The number of benzene rings is 1. The first-order chi connectivity index (χ1) is 10.6. The molecule has 22 heavy (non-hydrogen) atoms. The summed E-state index contributed by atoms with van der Waals surface area (Å²) < 4.78 is 5.13. The first kappa shape index (κ1) is 14.9. The van der Waals surface area contributed by atoms with Crippen LogP contribution >= 0.6 is 0 Å². The molecule has 2 amide bonds. The first-order valence-electron chi connectivity index (χ1n) is 7.71. The molecule has 2 aliphatic heterocycles. The van der Waals surface area contributed by atoms with E-state index in [1.165, 1.54) is 0 Å². The smallest absolute Gasteiger partial charge is 0.227 e. The Morgan fingerprint density at radius 1 is 1.18 bits per heavy atom. The molecule has 3 rings (SSSR count). The molecule has 1 aromatic carbocycles. The third kappa shape index (κ3) is 2.93. The van der Waals surface area contributed by atoms with E-state index < -0.39 is 0 Å². The van der Waals surface area contributed by atoms with Gasteiger partial charge in [0.2, 0.25) is 11.8 Å². The lowest BCUT2D eigenvalue weighted by Crippen LogP contribution is -2.41. The van der Waals surface area contributed by atoms with Crippen molar-refractivity contribution in [2.24, 2.45) is 11.8 Å². The second-order valence-corrected chi connectivity index (χ2v) is 6.32. The minimum absolute atomic E-state index is 0.148.